The lowest BCUT2D eigenvalue weighted by Crippen LogP contribution is -2.40. The number of rotatable bonds is 12. The second-order valence-corrected chi connectivity index (χ2v) is 19.6. The van der Waals surface area contributed by atoms with E-state index in [1.165, 1.54) is 33.9 Å². The lowest BCUT2D eigenvalue weighted by molar-refractivity contribution is -0.123. The molecule has 0 spiro atoms. The predicted molar refractivity (Wildman–Crippen MR) is 265 cm³/mol. The quantitative estimate of drug-likeness (QED) is 0.136. The van der Waals surface area contributed by atoms with Gasteiger partial charge < -0.3 is 25.8 Å². The zero-order chi connectivity index (χ0) is 47.5. The number of aryl methyl sites for hydroxylation is 1. The van der Waals surface area contributed by atoms with E-state index in [-0.39, 0.29) is 35.9 Å². The average molecular weight is 923 g/mol. The van der Waals surface area contributed by atoms with Gasteiger partial charge in [-0.3, -0.25) is 33.8 Å². The van der Waals surface area contributed by atoms with Crippen molar-refractivity contribution in [2.45, 2.75) is 103 Å². The van der Waals surface area contributed by atoms with Gasteiger partial charge in [-0.05, 0) is 156 Å². The molecule has 68 heavy (non-hydrogen) atoms. The number of benzene rings is 2. The number of allylic oxidation sites excluding steroid dienone is 2. The van der Waals surface area contributed by atoms with E-state index in [2.05, 4.69) is 106 Å². The van der Waals surface area contributed by atoms with Crippen molar-refractivity contribution in [2.24, 2.45) is 0 Å². The van der Waals surface area contributed by atoms with Gasteiger partial charge in [-0.2, -0.15) is 5.10 Å². The number of hydrogen-bond donors (Lipinski definition) is 3. The molecule has 2 atom stereocenters. The maximum absolute atomic E-state index is 15.4. The van der Waals surface area contributed by atoms with E-state index < -0.39 is 6.04 Å². The van der Waals surface area contributed by atoms with Gasteiger partial charge in [0.25, 0.3) is 5.91 Å². The minimum absolute atomic E-state index is 0.00191. The van der Waals surface area contributed by atoms with Crippen LogP contribution in [0.4, 0.5) is 10.1 Å². The maximum atomic E-state index is 15.4. The summed E-state index contributed by atoms with van der Waals surface area (Å²) in [5.41, 5.74) is 11.4. The normalized spacial score (nSPS) is 20.9. The minimum Gasteiger partial charge on any atom is -0.375 e. The van der Waals surface area contributed by atoms with Gasteiger partial charge in [0.2, 0.25) is 5.91 Å². The highest BCUT2D eigenvalue weighted by Crippen LogP contribution is 2.34. The Morgan fingerprint density at radius 3 is 2.43 bits per heavy atom. The highest BCUT2D eigenvalue weighted by atomic mass is 19.1. The number of pyridine rings is 1. The molecule has 9 rings (SSSR count). The molecule has 7 heterocycles. The van der Waals surface area contributed by atoms with Crippen LogP contribution < -0.4 is 16.0 Å². The van der Waals surface area contributed by atoms with Crippen LogP contribution in [0.5, 0.6) is 0 Å². The summed E-state index contributed by atoms with van der Waals surface area (Å²) < 4.78 is 17.5. The summed E-state index contributed by atoms with van der Waals surface area (Å²) in [6.07, 6.45) is 13.2. The number of nitrogens with one attached hydrogen (secondary N) is 3. The molecule has 13 nitrogen and oxygen atoms in total. The molecule has 358 valence electrons. The molecule has 0 bridgehead atoms. The van der Waals surface area contributed by atoms with Crippen LogP contribution in [0, 0.1) is 12.7 Å². The van der Waals surface area contributed by atoms with E-state index in [0.29, 0.717) is 62.2 Å². The molecule has 5 aliphatic heterocycles. The summed E-state index contributed by atoms with van der Waals surface area (Å²) in [7, 11) is 4.07. The molecule has 0 saturated carbocycles. The Morgan fingerprint density at radius 2 is 1.69 bits per heavy atom. The van der Waals surface area contributed by atoms with Crippen molar-refractivity contribution in [2.75, 3.05) is 65.2 Å². The molecule has 2 amide bonds. The topological polar surface area (TPSA) is 131 Å². The molecule has 2 unspecified atom stereocenters. The van der Waals surface area contributed by atoms with Crippen molar-refractivity contribution < 1.29 is 18.8 Å². The molecule has 14 heteroatoms. The first kappa shape index (κ1) is 47.0. The van der Waals surface area contributed by atoms with Crippen molar-refractivity contribution in [3.8, 4) is 0 Å². The minimum atomic E-state index is -0.560. The van der Waals surface area contributed by atoms with Gasteiger partial charge in [0, 0.05) is 74.9 Å². The number of ketones is 1. The molecule has 0 aliphatic carbocycles. The van der Waals surface area contributed by atoms with Crippen molar-refractivity contribution in [1.29, 1.82) is 0 Å². The summed E-state index contributed by atoms with van der Waals surface area (Å²) in [5, 5.41) is 14.0. The van der Waals surface area contributed by atoms with E-state index in [1.54, 1.807) is 0 Å². The van der Waals surface area contributed by atoms with Crippen LogP contribution in [-0.2, 0) is 29.2 Å². The fourth-order valence-corrected chi connectivity index (χ4v) is 10.9. The molecule has 2 aromatic carbocycles. The van der Waals surface area contributed by atoms with Crippen molar-refractivity contribution in [1.82, 2.24) is 45.0 Å². The van der Waals surface area contributed by atoms with Crippen molar-refractivity contribution in [3.63, 3.8) is 0 Å². The third-order valence-corrected chi connectivity index (χ3v) is 15.2. The number of anilines is 1. The van der Waals surface area contributed by atoms with E-state index in [9.17, 15) is 14.4 Å². The standard InChI is InChI=1S/C54H67FN10O3/c1-35(28-49-36(2)57-21-16-47(49)42-10-15-52(56-4)61(5)32-42)37(3)63-24-19-39(20-25-63)38-6-8-41(9-7-38)54(68)64-26-27-65-45(34-64)29-44(60-65)33-62-22-17-40(18-23-62)48-13-11-43(30-50(48)55)59-51-14-12-46(66)31-58-53(51)67/h6-11,13,15-16,21,28-30,37,39-40,51,56,59H,12,14,17-20,22-27,31-34H2,1-5H3,(H,58,67)/b35-28+. The Labute approximate surface area is 400 Å². The fraction of sp³-hybridized carbons (Fsp3) is 0.463. The Balaban J connectivity index is 0.738. The Bertz CT molecular complexity index is 2600. The number of fused-ring (bicyclic) bond motifs is 1. The largest absolute Gasteiger partial charge is 0.375 e. The summed E-state index contributed by atoms with van der Waals surface area (Å²) in [6.45, 7) is 13.8. The molecule has 3 saturated heterocycles. The van der Waals surface area contributed by atoms with Crippen LogP contribution in [0.1, 0.15) is 114 Å². The number of amides is 2. The molecule has 2 aromatic heterocycles. The van der Waals surface area contributed by atoms with Crippen LogP contribution in [0.25, 0.3) is 11.6 Å². The number of carbonyl (C=O) groups is 3. The molecular weight excluding hydrogens is 856 g/mol. The lowest BCUT2D eigenvalue weighted by Gasteiger charge is -2.37. The lowest BCUT2D eigenvalue weighted by atomic mass is 9.87. The van der Waals surface area contributed by atoms with Crippen LogP contribution in [0.3, 0.4) is 0 Å². The molecule has 3 fully saturated rings. The number of carbonyl (C=O) groups excluding carboxylic acids is 3. The van der Waals surface area contributed by atoms with Gasteiger partial charge >= 0.3 is 0 Å². The summed E-state index contributed by atoms with van der Waals surface area (Å²) >= 11 is 0. The number of halogens is 1. The van der Waals surface area contributed by atoms with Gasteiger partial charge in [0.1, 0.15) is 17.7 Å². The second kappa shape index (κ2) is 20.6. The van der Waals surface area contributed by atoms with Gasteiger partial charge in [0.15, 0.2) is 5.78 Å². The van der Waals surface area contributed by atoms with Gasteiger partial charge in [0.05, 0.1) is 31.0 Å². The Hall–Kier alpha value is -6.12. The third-order valence-electron chi connectivity index (χ3n) is 15.2. The number of likely N-dealkylation sites (N-methyl/N-ethyl adjacent to an activating group) is 1. The first-order valence-corrected chi connectivity index (χ1v) is 24.6. The summed E-state index contributed by atoms with van der Waals surface area (Å²) in [4.78, 5) is 51.8. The molecule has 3 N–H and O–H groups in total. The molecular formula is C54H67FN10O3. The van der Waals surface area contributed by atoms with E-state index >= 15 is 4.39 Å². The SMILES string of the molecule is CNC1=CC=C(c2ccnc(C)c2/C=C(\C)C(C)N2CCC(c3ccc(C(=O)N4CCn5nc(CN6CCC(c7ccc(NC8CCC(=O)CNC8=O)cc7F)CC6)cc5C4)cc3)CC2)CN1C. The predicted octanol–water partition coefficient (Wildman–Crippen LogP) is 7.08. The smallest absolute Gasteiger partial charge is 0.254 e. The fourth-order valence-electron chi connectivity index (χ4n) is 10.9. The molecule has 0 radical (unpaired) electrons. The molecule has 4 aromatic rings. The first-order chi connectivity index (χ1) is 32.9. The number of piperidine rings is 2. The highest BCUT2D eigenvalue weighted by Gasteiger charge is 2.30. The zero-order valence-corrected chi connectivity index (χ0v) is 40.4. The van der Waals surface area contributed by atoms with Crippen LogP contribution in [0.15, 0.2) is 84.3 Å². The number of nitrogens with zero attached hydrogens (tertiary/aromatic N) is 7. The van der Waals surface area contributed by atoms with Crippen LogP contribution in [0.2, 0.25) is 0 Å². The summed E-state index contributed by atoms with van der Waals surface area (Å²) in [5.74, 6) is 1.23. The highest BCUT2D eigenvalue weighted by molar-refractivity contribution is 5.94. The van der Waals surface area contributed by atoms with E-state index in [0.717, 1.165) is 86.9 Å². The average Bonchev–Trinajstić information content (AvgIpc) is 3.69. The van der Waals surface area contributed by atoms with Gasteiger partial charge in [-0.1, -0.05) is 35.9 Å². The van der Waals surface area contributed by atoms with E-state index in [4.69, 9.17) is 5.10 Å². The van der Waals surface area contributed by atoms with Crippen molar-refractivity contribution in [3.05, 3.63) is 135 Å². The Kier molecular flexibility index (Phi) is 14.2. The van der Waals surface area contributed by atoms with Gasteiger partial charge in [-0.15, -0.1) is 0 Å². The molecule has 5 aliphatic rings. The first-order valence-electron chi connectivity index (χ1n) is 24.6. The second-order valence-electron chi connectivity index (χ2n) is 19.6. The summed E-state index contributed by atoms with van der Waals surface area (Å²) in [6, 6.07) is 17.5. The number of hydrogen-bond acceptors (Lipinski definition) is 10. The van der Waals surface area contributed by atoms with E-state index in [1.807, 2.05) is 47.1 Å². The van der Waals surface area contributed by atoms with Crippen LogP contribution in [-0.4, -0.2) is 124 Å². The number of aromatic nitrogens is 3. The number of Topliss-reactive ketones (excluding diaryl/α,β-unsaturated/α-hetero) is 1. The maximum Gasteiger partial charge on any atom is 0.254 e. The van der Waals surface area contributed by atoms with Gasteiger partial charge in [-0.25, -0.2) is 4.39 Å². The zero-order valence-electron chi connectivity index (χ0n) is 40.4. The monoisotopic (exact) mass is 923 g/mol. The Morgan fingerprint density at radius 1 is 0.926 bits per heavy atom. The van der Waals surface area contributed by atoms with Crippen molar-refractivity contribution >= 4 is 34.9 Å². The number of likely N-dealkylation sites (tertiary alicyclic amines) is 2. The van der Waals surface area contributed by atoms with Crippen LogP contribution >= 0.6 is 0 Å². The third kappa shape index (κ3) is 10.5.